The van der Waals surface area contributed by atoms with Crippen LogP contribution in [0.4, 0.5) is 24.5 Å². The summed E-state index contributed by atoms with van der Waals surface area (Å²) in [4.78, 5) is 6.86. The average molecular weight is 377 g/mol. The number of pyridine rings is 1. The molecule has 0 spiro atoms. The van der Waals surface area contributed by atoms with Crippen LogP contribution in [0.25, 0.3) is 15.7 Å². The molecule has 9 heteroatoms. The molecule has 0 aliphatic heterocycles. The molecule has 132 valence electrons. The van der Waals surface area contributed by atoms with Crippen LogP contribution in [0.15, 0.2) is 59.6 Å². The van der Waals surface area contributed by atoms with Crippen molar-refractivity contribution < 1.29 is 21.6 Å². The fourth-order valence-corrected chi connectivity index (χ4v) is 3.39. The smallest absolute Gasteiger partial charge is 0.278 e. The molecule has 0 amide bonds. The molecule has 0 aliphatic carbocycles. The van der Waals surface area contributed by atoms with Gasteiger partial charge in [0.05, 0.1) is 34.4 Å². The number of halogens is 3. The molecule has 26 heavy (non-hydrogen) atoms. The third-order valence-electron chi connectivity index (χ3n) is 3.54. The minimum atomic E-state index is -4.56. The van der Waals surface area contributed by atoms with E-state index in [1.165, 1.54) is 42.5 Å². The lowest BCUT2D eigenvalue weighted by Gasteiger charge is -2.12. The molecular weight excluding hydrogens is 367 g/mol. The molecule has 0 atom stereocenters. The normalized spacial score (nSPS) is 11.9. The molecule has 3 rings (SSSR count). The van der Waals surface area contributed by atoms with E-state index in [9.17, 15) is 21.6 Å². The fraction of sp³-hybridized carbons (Fsp3) is 0.0588. The third kappa shape index (κ3) is 3.45. The SMILES string of the molecule is [C-]#[N+]c1ccc(S(=O)(=O)Nc2cnc3c(C(F)(F)F)cccc3c2)cc1. The lowest BCUT2D eigenvalue weighted by molar-refractivity contribution is -0.136. The van der Waals surface area contributed by atoms with Crippen LogP contribution in [0.5, 0.6) is 0 Å². The molecule has 1 heterocycles. The summed E-state index contributed by atoms with van der Waals surface area (Å²) in [5.74, 6) is 0. The molecule has 1 aromatic heterocycles. The number of aromatic nitrogens is 1. The molecule has 0 saturated carbocycles. The third-order valence-corrected chi connectivity index (χ3v) is 4.94. The largest absolute Gasteiger partial charge is 0.418 e. The predicted octanol–water partition coefficient (Wildman–Crippen LogP) is 4.61. The van der Waals surface area contributed by atoms with Gasteiger partial charge in [0.2, 0.25) is 0 Å². The Hall–Kier alpha value is -3.12. The van der Waals surface area contributed by atoms with Crippen molar-refractivity contribution in [3.8, 4) is 0 Å². The summed E-state index contributed by atoms with van der Waals surface area (Å²) < 4.78 is 66.0. The summed E-state index contributed by atoms with van der Waals surface area (Å²) in [7, 11) is -3.96. The lowest BCUT2D eigenvalue weighted by Crippen LogP contribution is -2.13. The molecule has 0 unspecified atom stereocenters. The number of hydrogen-bond acceptors (Lipinski definition) is 3. The predicted molar refractivity (Wildman–Crippen MR) is 90.3 cm³/mol. The molecular formula is C17H10F3N3O2S. The van der Waals surface area contributed by atoms with Gasteiger partial charge in [-0.25, -0.2) is 13.3 Å². The molecule has 3 aromatic rings. The molecule has 0 bridgehead atoms. The maximum atomic E-state index is 13.0. The minimum Gasteiger partial charge on any atom is -0.278 e. The number of fused-ring (bicyclic) bond motifs is 1. The first kappa shape index (κ1) is 17.7. The van der Waals surface area contributed by atoms with Crippen LogP contribution in [0.2, 0.25) is 0 Å². The summed E-state index contributed by atoms with van der Waals surface area (Å²) in [6.07, 6.45) is -3.53. The summed E-state index contributed by atoms with van der Waals surface area (Å²) >= 11 is 0. The molecule has 0 fully saturated rings. The zero-order valence-corrected chi connectivity index (χ0v) is 13.8. The van der Waals surface area contributed by atoms with Crippen molar-refractivity contribution >= 4 is 32.3 Å². The first-order valence-electron chi connectivity index (χ1n) is 7.17. The van der Waals surface area contributed by atoms with E-state index in [4.69, 9.17) is 6.57 Å². The van der Waals surface area contributed by atoms with E-state index in [-0.39, 0.29) is 27.2 Å². The van der Waals surface area contributed by atoms with Crippen LogP contribution < -0.4 is 4.72 Å². The van der Waals surface area contributed by atoms with Gasteiger partial charge >= 0.3 is 6.18 Å². The topological polar surface area (TPSA) is 63.4 Å². The maximum Gasteiger partial charge on any atom is 0.418 e. The highest BCUT2D eigenvalue weighted by Gasteiger charge is 2.33. The monoisotopic (exact) mass is 377 g/mol. The number of benzene rings is 2. The van der Waals surface area contributed by atoms with Gasteiger partial charge in [-0.05, 0) is 12.1 Å². The van der Waals surface area contributed by atoms with Crippen molar-refractivity contribution in [2.45, 2.75) is 11.1 Å². The standard InChI is InChI=1S/C17H10F3N3O2S/c1-21-12-5-7-14(8-6-12)26(24,25)23-13-9-11-3-2-4-15(17(18,19)20)16(11)22-10-13/h2-10,23H. The zero-order valence-electron chi connectivity index (χ0n) is 12.9. The van der Waals surface area contributed by atoms with Gasteiger partial charge in [-0.1, -0.05) is 36.4 Å². The lowest BCUT2D eigenvalue weighted by atomic mass is 10.1. The van der Waals surface area contributed by atoms with Crippen molar-refractivity contribution in [1.82, 2.24) is 4.98 Å². The molecule has 2 aromatic carbocycles. The number of para-hydroxylation sites is 1. The molecule has 0 saturated heterocycles. The van der Waals surface area contributed by atoms with Gasteiger partial charge in [0.15, 0.2) is 5.69 Å². The van der Waals surface area contributed by atoms with Gasteiger partial charge in [0.25, 0.3) is 10.0 Å². The molecule has 1 N–H and O–H groups in total. The van der Waals surface area contributed by atoms with Gasteiger partial charge < -0.3 is 0 Å². The summed E-state index contributed by atoms with van der Waals surface area (Å²) in [5, 5.41) is 0.156. The van der Waals surface area contributed by atoms with E-state index >= 15 is 0 Å². The zero-order chi connectivity index (χ0) is 18.9. The maximum absolute atomic E-state index is 13.0. The number of nitrogens with zero attached hydrogens (tertiary/aromatic N) is 2. The number of hydrogen-bond donors (Lipinski definition) is 1. The van der Waals surface area contributed by atoms with Crippen LogP contribution in [-0.2, 0) is 16.2 Å². The van der Waals surface area contributed by atoms with Crippen LogP contribution in [-0.4, -0.2) is 13.4 Å². The van der Waals surface area contributed by atoms with Gasteiger partial charge in [0, 0.05) is 5.39 Å². The Morgan fingerprint density at radius 1 is 1.08 bits per heavy atom. The van der Waals surface area contributed by atoms with Crippen molar-refractivity contribution in [2.24, 2.45) is 0 Å². The van der Waals surface area contributed by atoms with Crippen molar-refractivity contribution in [3.63, 3.8) is 0 Å². The van der Waals surface area contributed by atoms with Gasteiger partial charge in [-0.3, -0.25) is 9.71 Å². The van der Waals surface area contributed by atoms with Gasteiger partial charge in [-0.2, -0.15) is 13.2 Å². The fourth-order valence-electron chi connectivity index (χ4n) is 2.36. The number of sulfonamides is 1. The van der Waals surface area contributed by atoms with Crippen LogP contribution >= 0.6 is 0 Å². The van der Waals surface area contributed by atoms with E-state index in [2.05, 4.69) is 14.6 Å². The molecule has 0 aliphatic rings. The summed E-state index contributed by atoms with van der Waals surface area (Å²) in [5.41, 5.74) is -0.828. The molecule has 5 nitrogen and oxygen atoms in total. The van der Waals surface area contributed by atoms with Gasteiger partial charge in [0.1, 0.15) is 0 Å². The first-order valence-corrected chi connectivity index (χ1v) is 8.65. The van der Waals surface area contributed by atoms with E-state index in [0.717, 1.165) is 12.3 Å². The Morgan fingerprint density at radius 3 is 2.38 bits per heavy atom. The second kappa shape index (κ2) is 6.31. The molecule has 0 radical (unpaired) electrons. The second-order valence-electron chi connectivity index (χ2n) is 5.31. The Kier molecular flexibility index (Phi) is 4.29. The summed E-state index contributed by atoms with van der Waals surface area (Å²) in [6.45, 7) is 6.86. The first-order chi connectivity index (χ1) is 12.2. The van der Waals surface area contributed by atoms with Crippen LogP contribution in [0.1, 0.15) is 5.56 Å². The Bertz CT molecular complexity index is 1120. The highest BCUT2D eigenvalue weighted by molar-refractivity contribution is 7.92. The van der Waals surface area contributed by atoms with Crippen molar-refractivity contribution in [1.29, 1.82) is 0 Å². The van der Waals surface area contributed by atoms with Crippen molar-refractivity contribution in [3.05, 3.63) is 71.7 Å². The Balaban J connectivity index is 1.97. The highest BCUT2D eigenvalue weighted by Crippen LogP contribution is 2.34. The van der Waals surface area contributed by atoms with Crippen LogP contribution in [0.3, 0.4) is 0 Å². The van der Waals surface area contributed by atoms with Crippen LogP contribution in [0, 0.1) is 6.57 Å². The average Bonchev–Trinajstić information content (AvgIpc) is 2.60. The van der Waals surface area contributed by atoms with E-state index in [1.54, 1.807) is 0 Å². The number of anilines is 1. The van der Waals surface area contributed by atoms with E-state index in [1.807, 2.05) is 0 Å². The van der Waals surface area contributed by atoms with E-state index < -0.39 is 21.8 Å². The number of nitrogens with one attached hydrogen (secondary N) is 1. The Morgan fingerprint density at radius 2 is 1.77 bits per heavy atom. The highest BCUT2D eigenvalue weighted by atomic mass is 32.2. The summed E-state index contributed by atoms with van der Waals surface area (Å²) in [6, 6.07) is 10.1. The number of alkyl halides is 3. The second-order valence-corrected chi connectivity index (χ2v) is 6.99. The Labute approximate surface area is 147 Å². The van der Waals surface area contributed by atoms with Crippen molar-refractivity contribution in [2.75, 3.05) is 4.72 Å². The van der Waals surface area contributed by atoms with E-state index in [0.29, 0.717) is 0 Å². The van der Waals surface area contributed by atoms with Gasteiger partial charge in [-0.15, -0.1) is 0 Å². The minimum absolute atomic E-state index is 0.0334. The number of rotatable bonds is 3. The quantitative estimate of drug-likeness (QED) is 0.678.